The average molecular weight is 901 g/mol. The fraction of sp³-hybridized carbons (Fsp3) is 0.477. The Labute approximate surface area is 375 Å². The van der Waals surface area contributed by atoms with Crippen LogP contribution in [0.25, 0.3) is 10.9 Å². The third-order valence-electron chi connectivity index (χ3n) is 11.4. The van der Waals surface area contributed by atoms with Crippen LogP contribution in [0.1, 0.15) is 69.4 Å². The lowest BCUT2D eigenvalue weighted by Crippen LogP contribution is -2.60. The van der Waals surface area contributed by atoms with E-state index in [1.165, 1.54) is 6.92 Å². The largest absolute Gasteiger partial charge is 0.391 e. The summed E-state index contributed by atoms with van der Waals surface area (Å²) in [5.41, 5.74) is 13.3. The summed E-state index contributed by atoms with van der Waals surface area (Å²) in [5.74, 6) is -5.91. The van der Waals surface area contributed by atoms with E-state index in [-0.39, 0.29) is 77.0 Å². The maximum absolute atomic E-state index is 14.4. The van der Waals surface area contributed by atoms with Gasteiger partial charge in [0.25, 0.3) is 0 Å². The van der Waals surface area contributed by atoms with Crippen molar-refractivity contribution in [2.75, 3.05) is 19.6 Å². The number of aromatic amines is 1. The van der Waals surface area contributed by atoms with Gasteiger partial charge in [0, 0.05) is 69.3 Å². The molecule has 0 bridgehead atoms. The summed E-state index contributed by atoms with van der Waals surface area (Å²) in [4.78, 5) is 113. The minimum absolute atomic E-state index is 0.0205. The van der Waals surface area contributed by atoms with Crippen LogP contribution in [0.4, 0.5) is 0 Å². The topological polar surface area (TPSA) is 336 Å². The molecule has 14 N–H and O–H groups in total. The molecule has 0 spiro atoms. The van der Waals surface area contributed by atoms with Crippen molar-refractivity contribution in [2.45, 2.75) is 113 Å². The SMILES string of the molecule is CC(=O)N[C@H]1CCC(=O)NCCCC[C@@H](C(N)=O)NC(=O)[C@H](Cc2c[nH]c3ccccc23)NC(=O)[C@H](CCCNC(=N)N)NC(=O)[C@@H](Cc2ccccc2)NC(=O)[C@@H]2C[C@@H](O)CN2C1=O. The lowest BCUT2D eigenvalue weighted by Gasteiger charge is -2.30. The number of carbonyl (C=O) groups excluding carboxylic acids is 8. The summed E-state index contributed by atoms with van der Waals surface area (Å²) in [7, 11) is 0. The molecule has 1 aromatic heterocycles. The molecule has 2 fully saturated rings. The number of nitrogens with one attached hydrogen (secondary N) is 9. The number of nitrogens with zero attached hydrogens (tertiary/aromatic N) is 1. The van der Waals surface area contributed by atoms with Crippen molar-refractivity contribution in [2.24, 2.45) is 11.5 Å². The van der Waals surface area contributed by atoms with E-state index in [0.717, 1.165) is 15.8 Å². The number of primary amides is 1. The standard InChI is InChI=1S/C44H60N12O9/c1-25(57)51-33-16-17-37(59)48-18-8-7-14-31(38(45)60)52-41(63)35(21-27-23-50-30-13-6-5-12-29(27)30)54-39(61)32(15-9-19-49-44(46)47)53-40(62)34(20-26-10-3-2-4-11-26)55-42(64)36-22-28(58)24-56(36)43(33)65/h2-6,10-13,23,28,31-36,50,58H,7-9,14-22,24H2,1H3,(H2,45,60)(H,48,59)(H,51,57)(H,52,63)(H,53,62)(H,54,61)(H,55,64)(H4,46,47,49)/t28-,31+,32+,33+,34-,35+,36+/m1/s1. The summed E-state index contributed by atoms with van der Waals surface area (Å²) in [6, 6.07) is 8.47. The van der Waals surface area contributed by atoms with E-state index in [2.05, 4.69) is 42.2 Å². The number of carbonyl (C=O) groups is 8. The second-order valence-corrected chi connectivity index (χ2v) is 16.4. The Morgan fingerprint density at radius 3 is 2.22 bits per heavy atom. The number of H-pyrrole nitrogens is 1. The van der Waals surface area contributed by atoms with Crippen molar-refractivity contribution in [1.29, 1.82) is 5.41 Å². The summed E-state index contributed by atoms with van der Waals surface area (Å²) in [6.07, 6.45) is 0.989. The molecular weight excluding hydrogens is 841 g/mol. The number of aliphatic hydroxyl groups is 1. The minimum atomic E-state index is -1.34. The minimum Gasteiger partial charge on any atom is -0.391 e. The number of guanidine groups is 1. The van der Waals surface area contributed by atoms with Gasteiger partial charge in [-0.1, -0.05) is 48.5 Å². The van der Waals surface area contributed by atoms with Crippen molar-refractivity contribution in [1.82, 2.24) is 47.1 Å². The van der Waals surface area contributed by atoms with Crippen molar-refractivity contribution < 1.29 is 43.5 Å². The predicted octanol–water partition coefficient (Wildman–Crippen LogP) is -1.81. The number of benzene rings is 2. The van der Waals surface area contributed by atoms with Crippen LogP contribution >= 0.6 is 0 Å². The number of rotatable bonds is 10. The predicted molar refractivity (Wildman–Crippen MR) is 238 cm³/mol. The molecule has 65 heavy (non-hydrogen) atoms. The van der Waals surface area contributed by atoms with Gasteiger partial charge in [-0.3, -0.25) is 43.8 Å². The fourth-order valence-electron chi connectivity index (χ4n) is 8.03. The second-order valence-electron chi connectivity index (χ2n) is 16.4. The molecule has 2 aromatic carbocycles. The van der Waals surface area contributed by atoms with Gasteiger partial charge in [0.1, 0.15) is 36.3 Å². The number of hydrogen-bond donors (Lipinski definition) is 12. The summed E-state index contributed by atoms with van der Waals surface area (Å²) in [6.45, 7) is 1.27. The van der Waals surface area contributed by atoms with Crippen LogP contribution in [0.3, 0.4) is 0 Å². The van der Waals surface area contributed by atoms with Crippen molar-refractivity contribution in [3.63, 3.8) is 0 Å². The zero-order valence-electron chi connectivity index (χ0n) is 36.3. The van der Waals surface area contributed by atoms with Crippen LogP contribution in [0, 0.1) is 5.41 Å². The van der Waals surface area contributed by atoms with Crippen LogP contribution in [0.15, 0.2) is 60.8 Å². The Bertz CT molecular complexity index is 2200. The quantitative estimate of drug-likeness (QED) is 0.0611. The van der Waals surface area contributed by atoms with Crippen LogP contribution in [0.5, 0.6) is 0 Å². The highest BCUT2D eigenvalue weighted by Crippen LogP contribution is 2.22. The van der Waals surface area contributed by atoms with E-state index in [1.807, 2.05) is 24.3 Å². The number of para-hydroxylation sites is 1. The molecule has 3 aromatic rings. The molecule has 0 radical (unpaired) electrons. The van der Waals surface area contributed by atoms with Crippen LogP contribution in [-0.4, -0.2) is 130 Å². The lowest BCUT2D eigenvalue weighted by atomic mass is 10.0. The smallest absolute Gasteiger partial charge is 0.245 e. The van der Waals surface area contributed by atoms with E-state index in [0.29, 0.717) is 24.0 Å². The first kappa shape index (κ1) is 49.0. The Balaban J connectivity index is 1.51. The van der Waals surface area contributed by atoms with E-state index in [9.17, 15) is 43.5 Å². The van der Waals surface area contributed by atoms with Crippen LogP contribution < -0.4 is 48.7 Å². The zero-order chi connectivity index (χ0) is 47.0. The maximum atomic E-state index is 14.4. The number of fused-ring (bicyclic) bond motifs is 2. The van der Waals surface area contributed by atoms with E-state index >= 15 is 0 Å². The Kier molecular flexibility index (Phi) is 17.8. The number of aromatic nitrogens is 1. The molecule has 0 aliphatic carbocycles. The van der Waals surface area contributed by atoms with Gasteiger partial charge in [0.2, 0.25) is 47.3 Å². The van der Waals surface area contributed by atoms with Crippen LogP contribution in [-0.2, 0) is 51.2 Å². The Morgan fingerprint density at radius 2 is 1.49 bits per heavy atom. The highest BCUT2D eigenvalue weighted by atomic mass is 16.3. The van der Waals surface area contributed by atoms with Gasteiger partial charge in [-0.25, -0.2) is 0 Å². The summed E-state index contributed by atoms with van der Waals surface area (Å²) >= 11 is 0. The fourth-order valence-corrected chi connectivity index (χ4v) is 8.03. The molecule has 2 aliphatic heterocycles. The second kappa shape index (κ2) is 23.6. The lowest BCUT2D eigenvalue weighted by molar-refractivity contribution is -0.142. The molecule has 5 rings (SSSR count). The number of aliphatic hydroxyl groups excluding tert-OH is 1. The molecular formula is C44H60N12O9. The van der Waals surface area contributed by atoms with Crippen molar-refractivity contribution in [3.8, 4) is 0 Å². The molecule has 2 saturated heterocycles. The first-order valence-electron chi connectivity index (χ1n) is 21.8. The van der Waals surface area contributed by atoms with Gasteiger partial charge in [-0.05, 0) is 55.7 Å². The highest BCUT2D eigenvalue weighted by molar-refractivity contribution is 5.98. The first-order valence-corrected chi connectivity index (χ1v) is 21.8. The molecule has 0 unspecified atom stereocenters. The molecule has 21 nitrogen and oxygen atoms in total. The summed E-state index contributed by atoms with van der Waals surface area (Å²) in [5, 5.41) is 38.0. The van der Waals surface area contributed by atoms with Gasteiger partial charge in [-0.15, -0.1) is 0 Å². The van der Waals surface area contributed by atoms with Crippen molar-refractivity contribution in [3.05, 3.63) is 71.9 Å². The molecule has 7 atom stereocenters. The van der Waals surface area contributed by atoms with Gasteiger partial charge < -0.3 is 63.7 Å². The molecule has 0 saturated carbocycles. The van der Waals surface area contributed by atoms with Gasteiger partial charge in [0.05, 0.1) is 6.10 Å². The third kappa shape index (κ3) is 14.5. The molecule has 350 valence electrons. The van der Waals surface area contributed by atoms with Gasteiger partial charge in [0.15, 0.2) is 5.96 Å². The third-order valence-corrected chi connectivity index (χ3v) is 11.4. The van der Waals surface area contributed by atoms with E-state index < -0.39 is 89.6 Å². The van der Waals surface area contributed by atoms with E-state index in [4.69, 9.17) is 16.9 Å². The Hall–Kier alpha value is -7.03. The zero-order valence-corrected chi connectivity index (χ0v) is 36.3. The van der Waals surface area contributed by atoms with Crippen LogP contribution in [0.2, 0.25) is 0 Å². The first-order chi connectivity index (χ1) is 31.1. The molecule has 8 amide bonds. The Morgan fingerprint density at radius 1 is 0.831 bits per heavy atom. The van der Waals surface area contributed by atoms with Crippen molar-refractivity contribution >= 4 is 64.1 Å². The summed E-state index contributed by atoms with van der Waals surface area (Å²) < 4.78 is 0. The van der Waals surface area contributed by atoms with Gasteiger partial charge in [-0.2, -0.15) is 0 Å². The number of amides is 8. The number of nitrogens with two attached hydrogens (primary N) is 2. The highest BCUT2D eigenvalue weighted by Gasteiger charge is 2.43. The maximum Gasteiger partial charge on any atom is 0.245 e. The molecule has 3 heterocycles. The monoisotopic (exact) mass is 900 g/mol. The normalized spacial score (nSPS) is 24.6. The van der Waals surface area contributed by atoms with Gasteiger partial charge >= 0.3 is 0 Å². The number of hydrogen-bond acceptors (Lipinski definition) is 10. The molecule has 21 heteroatoms. The average Bonchev–Trinajstić information content (AvgIpc) is 3.87. The van der Waals surface area contributed by atoms with E-state index in [1.54, 1.807) is 36.5 Å². The molecule has 2 aliphatic rings.